The van der Waals surface area contributed by atoms with E-state index in [1.165, 1.54) is 0 Å². The second-order valence-electron chi connectivity index (χ2n) is 4.93. The maximum atomic E-state index is 12.0. The first-order chi connectivity index (χ1) is 9.99. The Morgan fingerprint density at radius 1 is 1.48 bits per heavy atom. The highest BCUT2D eigenvalue weighted by Crippen LogP contribution is 2.41. The number of allylic oxidation sites excluding steroid dienone is 1. The van der Waals surface area contributed by atoms with Gasteiger partial charge < -0.3 is 15.2 Å². The molecule has 108 valence electrons. The Hall–Kier alpha value is -2.27. The third-order valence-electron chi connectivity index (χ3n) is 3.62. The lowest BCUT2D eigenvalue weighted by Gasteiger charge is -2.26. The Labute approximate surface area is 125 Å². The Bertz CT molecular complexity index is 718. The molecule has 1 unspecified atom stereocenters. The lowest BCUT2D eigenvalue weighted by molar-refractivity contribution is -0.136. The zero-order chi connectivity index (χ0) is 15.1. The van der Waals surface area contributed by atoms with Gasteiger partial charge in [-0.1, -0.05) is 23.7 Å². The first-order valence-electron chi connectivity index (χ1n) is 6.35. The van der Waals surface area contributed by atoms with Crippen molar-refractivity contribution in [1.82, 2.24) is 5.32 Å². The normalized spacial score (nSPS) is 21.0. The average Bonchev–Trinajstić information content (AvgIpc) is 2.78. The lowest BCUT2D eigenvalue weighted by Crippen LogP contribution is -2.29. The quantitative estimate of drug-likeness (QED) is 0.819. The number of aliphatic carboxylic acids is 1. The molecule has 3 rings (SSSR count). The van der Waals surface area contributed by atoms with Crippen molar-refractivity contribution in [2.24, 2.45) is 0 Å². The number of carboxylic acids is 1. The molecular formula is C15H12ClNO4. The van der Waals surface area contributed by atoms with Crippen molar-refractivity contribution in [3.63, 3.8) is 0 Å². The monoisotopic (exact) mass is 305 g/mol. The summed E-state index contributed by atoms with van der Waals surface area (Å²) in [6, 6.07) is 6.86. The molecule has 0 amide bonds. The Morgan fingerprint density at radius 3 is 2.90 bits per heavy atom. The number of dihydropyridines is 1. The largest absolute Gasteiger partial charge is 0.478 e. The molecule has 1 atom stereocenters. The van der Waals surface area contributed by atoms with Gasteiger partial charge in [0, 0.05) is 10.7 Å². The van der Waals surface area contributed by atoms with Crippen LogP contribution in [0.4, 0.5) is 0 Å². The molecule has 0 aliphatic carbocycles. The van der Waals surface area contributed by atoms with Crippen LogP contribution < -0.4 is 5.32 Å². The molecule has 0 aromatic heterocycles. The zero-order valence-electron chi connectivity index (χ0n) is 11.1. The maximum Gasteiger partial charge on any atom is 0.337 e. The molecule has 0 spiro atoms. The van der Waals surface area contributed by atoms with Gasteiger partial charge in [0.2, 0.25) is 0 Å². The van der Waals surface area contributed by atoms with Gasteiger partial charge in [0.05, 0.1) is 22.8 Å². The highest BCUT2D eigenvalue weighted by Gasteiger charge is 2.41. The van der Waals surface area contributed by atoms with Gasteiger partial charge in [0.25, 0.3) is 0 Å². The molecule has 21 heavy (non-hydrogen) atoms. The van der Waals surface area contributed by atoms with Crippen LogP contribution in [0.1, 0.15) is 18.4 Å². The molecule has 0 radical (unpaired) electrons. The van der Waals surface area contributed by atoms with E-state index >= 15 is 0 Å². The predicted molar refractivity (Wildman–Crippen MR) is 75.6 cm³/mol. The van der Waals surface area contributed by atoms with E-state index in [1.807, 2.05) is 0 Å². The summed E-state index contributed by atoms with van der Waals surface area (Å²) in [5.41, 5.74) is 2.26. The van der Waals surface area contributed by atoms with Crippen molar-refractivity contribution >= 4 is 23.5 Å². The maximum absolute atomic E-state index is 12.0. The number of hydrogen-bond donors (Lipinski definition) is 2. The smallest absolute Gasteiger partial charge is 0.337 e. The van der Waals surface area contributed by atoms with E-state index in [4.69, 9.17) is 16.3 Å². The fraction of sp³-hybridized carbons (Fsp3) is 0.200. The van der Waals surface area contributed by atoms with Crippen LogP contribution in [0.3, 0.4) is 0 Å². The zero-order valence-corrected chi connectivity index (χ0v) is 11.9. The summed E-state index contributed by atoms with van der Waals surface area (Å²) in [7, 11) is 0. The Balaban J connectivity index is 2.21. The predicted octanol–water partition coefficient (Wildman–Crippen LogP) is 2.20. The fourth-order valence-electron chi connectivity index (χ4n) is 2.77. The highest BCUT2D eigenvalue weighted by atomic mass is 35.5. The van der Waals surface area contributed by atoms with E-state index < -0.39 is 17.9 Å². The standard InChI is InChI=1S/C15H12ClNO4/c1-7-11(14(18)19)12(8-3-2-4-9(16)5-8)13-10(17-7)6-21-15(13)20/h2-5,12,17H,6H2,1H3,(H,18,19). The summed E-state index contributed by atoms with van der Waals surface area (Å²) < 4.78 is 5.03. The highest BCUT2D eigenvalue weighted by molar-refractivity contribution is 6.30. The van der Waals surface area contributed by atoms with Gasteiger partial charge in [-0.15, -0.1) is 0 Å². The lowest BCUT2D eigenvalue weighted by atomic mass is 9.81. The molecule has 1 aromatic rings. The number of nitrogens with one attached hydrogen (secondary N) is 1. The fourth-order valence-corrected chi connectivity index (χ4v) is 2.97. The third kappa shape index (κ3) is 2.19. The molecule has 2 aliphatic rings. The average molecular weight is 306 g/mol. The number of rotatable bonds is 2. The molecule has 2 N–H and O–H groups in total. The summed E-state index contributed by atoms with van der Waals surface area (Å²) in [6.07, 6.45) is 0. The number of carbonyl (C=O) groups excluding carboxylic acids is 1. The van der Waals surface area contributed by atoms with E-state index in [0.717, 1.165) is 0 Å². The minimum Gasteiger partial charge on any atom is -0.478 e. The molecule has 2 heterocycles. The summed E-state index contributed by atoms with van der Waals surface area (Å²) in [6.45, 7) is 1.81. The van der Waals surface area contributed by atoms with Crippen molar-refractivity contribution < 1.29 is 19.4 Å². The summed E-state index contributed by atoms with van der Waals surface area (Å²) >= 11 is 6.00. The number of ether oxygens (including phenoxy) is 1. The molecule has 2 aliphatic heterocycles. The molecule has 0 fully saturated rings. The first kappa shape index (κ1) is 13.7. The van der Waals surface area contributed by atoms with Gasteiger partial charge in [0.15, 0.2) is 0 Å². The SMILES string of the molecule is CC1=C(C(=O)O)C(c2cccc(Cl)c2)C2=C(COC2=O)N1. The van der Waals surface area contributed by atoms with Crippen LogP contribution in [-0.4, -0.2) is 23.7 Å². The summed E-state index contributed by atoms with van der Waals surface area (Å²) in [4.78, 5) is 23.6. The molecule has 5 nitrogen and oxygen atoms in total. The van der Waals surface area contributed by atoms with Crippen LogP contribution in [0.15, 0.2) is 46.8 Å². The van der Waals surface area contributed by atoms with Crippen LogP contribution >= 0.6 is 11.6 Å². The molecule has 0 saturated heterocycles. The number of esters is 1. The van der Waals surface area contributed by atoms with E-state index in [0.29, 0.717) is 27.6 Å². The molecule has 6 heteroatoms. The minimum absolute atomic E-state index is 0.134. The topological polar surface area (TPSA) is 75.6 Å². The Kier molecular flexibility index (Phi) is 3.22. The summed E-state index contributed by atoms with van der Waals surface area (Å²) in [5.74, 6) is -2.24. The third-order valence-corrected chi connectivity index (χ3v) is 3.86. The van der Waals surface area contributed by atoms with Gasteiger partial charge in [-0.3, -0.25) is 0 Å². The number of carboxylic acid groups (broad SMARTS) is 1. The van der Waals surface area contributed by atoms with Crippen molar-refractivity contribution in [2.75, 3.05) is 6.61 Å². The Morgan fingerprint density at radius 2 is 2.24 bits per heavy atom. The van der Waals surface area contributed by atoms with Crippen LogP contribution in [0, 0.1) is 0 Å². The number of cyclic esters (lactones) is 1. The van der Waals surface area contributed by atoms with Crippen molar-refractivity contribution in [2.45, 2.75) is 12.8 Å². The van der Waals surface area contributed by atoms with Crippen molar-refractivity contribution in [1.29, 1.82) is 0 Å². The molecule has 0 saturated carbocycles. The molecule has 1 aromatic carbocycles. The second-order valence-corrected chi connectivity index (χ2v) is 5.36. The molecular weight excluding hydrogens is 294 g/mol. The second kappa shape index (κ2) is 4.93. The van der Waals surface area contributed by atoms with E-state index in [-0.39, 0.29) is 12.2 Å². The number of carbonyl (C=O) groups is 2. The first-order valence-corrected chi connectivity index (χ1v) is 6.73. The van der Waals surface area contributed by atoms with Crippen LogP contribution in [0.2, 0.25) is 5.02 Å². The van der Waals surface area contributed by atoms with Crippen molar-refractivity contribution in [3.8, 4) is 0 Å². The van der Waals surface area contributed by atoms with Crippen LogP contribution in [0.25, 0.3) is 0 Å². The van der Waals surface area contributed by atoms with Gasteiger partial charge in [0.1, 0.15) is 6.61 Å². The number of benzene rings is 1. The van der Waals surface area contributed by atoms with Gasteiger partial charge in [-0.2, -0.15) is 0 Å². The van der Waals surface area contributed by atoms with Gasteiger partial charge in [-0.05, 0) is 24.6 Å². The van der Waals surface area contributed by atoms with Crippen LogP contribution in [0.5, 0.6) is 0 Å². The van der Waals surface area contributed by atoms with Crippen molar-refractivity contribution in [3.05, 3.63) is 57.4 Å². The van der Waals surface area contributed by atoms with E-state index in [2.05, 4.69) is 5.32 Å². The molecule has 0 bridgehead atoms. The van der Waals surface area contributed by atoms with E-state index in [9.17, 15) is 14.7 Å². The summed E-state index contributed by atoms with van der Waals surface area (Å²) in [5, 5.41) is 13.0. The number of halogens is 1. The van der Waals surface area contributed by atoms with Crippen LogP contribution in [-0.2, 0) is 14.3 Å². The van der Waals surface area contributed by atoms with Gasteiger partial charge >= 0.3 is 11.9 Å². The minimum atomic E-state index is -1.07. The van der Waals surface area contributed by atoms with Gasteiger partial charge in [-0.25, -0.2) is 9.59 Å². The van der Waals surface area contributed by atoms with E-state index in [1.54, 1.807) is 31.2 Å². The number of hydrogen-bond acceptors (Lipinski definition) is 4.